The zero-order valence-electron chi connectivity index (χ0n) is 15.4. The Morgan fingerprint density at radius 3 is 2.54 bits per heavy atom. The largest absolute Gasteiger partial charge is 0.328 e. The first-order chi connectivity index (χ1) is 12.3. The van der Waals surface area contributed by atoms with Gasteiger partial charge in [0, 0.05) is 20.1 Å². The van der Waals surface area contributed by atoms with E-state index >= 15 is 0 Å². The fraction of sp³-hybridized carbons (Fsp3) is 0.389. The smallest absolute Gasteiger partial charge is 0.295 e. The van der Waals surface area contributed by atoms with Crippen LogP contribution < -0.4 is 11.2 Å². The molecular formula is C18H21N5O2S. The van der Waals surface area contributed by atoms with Gasteiger partial charge in [-0.3, -0.25) is 23.7 Å². The Bertz CT molecular complexity index is 1170. The van der Waals surface area contributed by atoms with E-state index in [0.717, 1.165) is 21.6 Å². The van der Waals surface area contributed by atoms with Gasteiger partial charge >= 0.3 is 5.69 Å². The normalized spacial score (nSPS) is 17.0. The molecule has 0 fully saturated rings. The predicted molar refractivity (Wildman–Crippen MR) is 106 cm³/mol. The van der Waals surface area contributed by atoms with Crippen LogP contribution in [0.5, 0.6) is 0 Å². The minimum absolute atomic E-state index is 0.0595. The van der Waals surface area contributed by atoms with Gasteiger partial charge in [0.15, 0.2) is 5.82 Å². The van der Waals surface area contributed by atoms with Crippen LogP contribution in [0.2, 0.25) is 0 Å². The van der Waals surface area contributed by atoms with Crippen molar-refractivity contribution in [3.05, 3.63) is 50.2 Å². The highest BCUT2D eigenvalue weighted by Gasteiger charge is 2.31. The van der Waals surface area contributed by atoms with Gasteiger partial charge in [0.2, 0.25) is 0 Å². The SMILES string of the molecule is CC1=Nc2c(c(=O)[nH]n2C(C)C)[C@H](c2ccc3c(c2)n(C)c(=O)n3C)S1. The molecule has 8 heteroatoms. The van der Waals surface area contributed by atoms with Crippen LogP contribution >= 0.6 is 11.8 Å². The maximum absolute atomic E-state index is 12.6. The molecule has 1 atom stereocenters. The third kappa shape index (κ3) is 2.32. The van der Waals surface area contributed by atoms with E-state index < -0.39 is 0 Å². The highest BCUT2D eigenvalue weighted by atomic mass is 32.2. The summed E-state index contributed by atoms with van der Waals surface area (Å²) in [6.45, 7) is 5.99. The van der Waals surface area contributed by atoms with Gasteiger partial charge in [-0.2, -0.15) is 0 Å². The third-order valence-corrected chi connectivity index (χ3v) is 6.04. The van der Waals surface area contributed by atoms with Gasteiger partial charge in [-0.25, -0.2) is 9.79 Å². The van der Waals surface area contributed by atoms with E-state index in [2.05, 4.69) is 10.1 Å². The van der Waals surface area contributed by atoms with Crippen molar-refractivity contribution in [3.8, 4) is 0 Å². The first kappa shape index (κ1) is 17.0. The van der Waals surface area contributed by atoms with E-state index in [1.807, 2.05) is 43.7 Å². The second kappa shape index (κ2) is 5.77. The minimum atomic E-state index is -0.147. The van der Waals surface area contributed by atoms with Gasteiger partial charge in [-0.05, 0) is 38.5 Å². The summed E-state index contributed by atoms with van der Waals surface area (Å²) < 4.78 is 5.09. The van der Waals surface area contributed by atoms with Gasteiger partial charge < -0.3 is 0 Å². The maximum atomic E-state index is 12.6. The molecule has 1 N–H and O–H groups in total. The maximum Gasteiger partial charge on any atom is 0.328 e. The summed E-state index contributed by atoms with van der Waals surface area (Å²) in [6, 6.07) is 6.06. The number of hydrogen-bond acceptors (Lipinski definition) is 4. The van der Waals surface area contributed by atoms with E-state index in [4.69, 9.17) is 0 Å². The van der Waals surface area contributed by atoms with Crippen LogP contribution in [0.4, 0.5) is 5.82 Å². The molecular weight excluding hydrogens is 350 g/mol. The monoisotopic (exact) mass is 371 g/mol. The fourth-order valence-electron chi connectivity index (χ4n) is 3.50. The number of benzene rings is 1. The molecule has 136 valence electrons. The Labute approximate surface area is 154 Å². The molecule has 26 heavy (non-hydrogen) atoms. The molecule has 1 aliphatic rings. The first-order valence-corrected chi connectivity index (χ1v) is 9.39. The van der Waals surface area contributed by atoms with Crippen molar-refractivity contribution in [2.24, 2.45) is 19.1 Å². The van der Waals surface area contributed by atoms with Crippen LogP contribution in [-0.4, -0.2) is 24.0 Å². The predicted octanol–water partition coefficient (Wildman–Crippen LogP) is 2.83. The molecule has 0 saturated heterocycles. The Morgan fingerprint density at radius 1 is 1.15 bits per heavy atom. The molecule has 0 saturated carbocycles. The van der Waals surface area contributed by atoms with Crippen molar-refractivity contribution >= 4 is 33.7 Å². The quantitative estimate of drug-likeness (QED) is 0.752. The number of aromatic nitrogens is 4. The van der Waals surface area contributed by atoms with E-state index in [0.29, 0.717) is 11.4 Å². The van der Waals surface area contributed by atoms with Crippen LogP contribution in [0, 0.1) is 0 Å². The summed E-state index contributed by atoms with van der Waals surface area (Å²) in [5, 5.41) is 3.69. The molecule has 2 aromatic heterocycles. The number of aromatic amines is 1. The van der Waals surface area contributed by atoms with Crippen molar-refractivity contribution < 1.29 is 0 Å². The van der Waals surface area contributed by atoms with Crippen LogP contribution in [0.25, 0.3) is 11.0 Å². The molecule has 1 aliphatic heterocycles. The number of thioether (sulfide) groups is 1. The molecule has 0 spiro atoms. The second-order valence-corrected chi connectivity index (χ2v) is 8.22. The summed E-state index contributed by atoms with van der Waals surface area (Å²) in [6.07, 6.45) is 0. The number of nitrogens with one attached hydrogen (secondary N) is 1. The summed E-state index contributed by atoms with van der Waals surface area (Å²) in [4.78, 5) is 29.5. The van der Waals surface area contributed by atoms with E-state index in [9.17, 15) is 9.59 Å². The lowest BCUT2D eigenvalue weighted by Crippen LogP contribution is -2.19. The molecule has 0 radical (unpaired) electrons. The molecule has 0 amide bonds. The van der Waals surface area contributed by atoms with Crippen LogP contribution in [-0.2, 0) is 14.1 Å². The number of aryl methyl sites for hydroxylation is 2. The number of fused-ring (bicyclic) bond motifs is 2. The molecule has 3 aromatic rings. The van der Waals surface area contributed by atoms with E-state index in [-0.39, 0.29) is 22.5 Å². The minimum Gasteiger partial charge on any atom is -0.295 e. The van der Waals surface area contributed by atoms with Crippen LogP contribution in [0.3, 0.4) is 0 Å². The number of nitrogens with zero attached hydrogens (tertiary/aromatic N) is 4. The topological polar surface area (TPSA) is 77.1 Å². The number of aliphatic imine (C=N–C) groups is 1. The van der Waals surface area contributed by atoms with Crippen molar-refractivity contribution in [2.45, 2.75) is 32.1 Å². The number of hydrogen-bond donors (Lipinski definition) is 1. The molecule has 3 heterocycles. The van der Waals surface area contributed by atoms with E-state index in [1.54, 1.807) is 35.0 Å². The Morgan fingerprint density at radius 2 is 1.85 bits per heavy atom. The summed E-state index contributed by atoms with van der Waals surface area (Å²) in [5.41, 5.74) is 3.24. The van der Waals surface area contributed by atoms with Crippen molar-refractivity contribution in [1.82, 2.24) is 18.9 Å². The van der Waals surface area contributed by atoms with Gasteiger partial charge in [-0.15, -0.1) is 0 Å². The standard InChI is InChI=1S/C18H21N5O2S/c1-9(2)23-16-14(17(24)20-23)15(26-10(3)19-16)11-6-7-12-13(8-11)22(5)18(25)21(12)4/h6-9,15H,1-5H3,(H,20,24)/t15-/m0/s1. The Balaban J connectivity index is 1.94. The Hall–Kier alpha value is -2.48. The molecule has 4 rings (SSSR count). The zero-order chi connectivity index (χ0) is 18.7. The first-order valence-electron chi connectivity index (χ1n) is 8.51. The summed E-state index contributed by atoms with van der Waals surface area (Å²) >= 11 is 1.57. The van der Waals surface area contributed by atoms with Gasteiger partial charge in [0.1, 0.15) is 0 Å². The summed E-state index contributed by atoms with van der Waals surface area (Å²) in [7, 11) is 3.53. The molecule has 0 unspecified atom stereocenters. The van der Waals surface area contributed by atoms with Crippen molar-refractivity contribution in [3.63, 3.8) is 0 Å². The molecule has 0 bridgehead atoms. The lowest BCUT2D eigenvalue weighted by atomic mass is 10.1. The molecule has 0 aliphatic carbocycles. The lowest BCUT2D eigenvalue weighted by Gasteiger charge is -2.21. The average Bonchev–Trinajstić information content (AvgIpc) is 3.04. The Kier molecular flexibility index (Phi) is 3.76. The number of H-pyrrole nitrogens is 1. The van der Waals surface area contributed by atoms with E-state index in [1.165, 1.54) is 0 Å². The van der Waals surface area contributed by atoms with Crippen LogP contribution in [0.15, 0.2) is 32.8 Å². The molecule has 7 nitrogen and oxygen atoms in total. The summed E-state index contributed by atoms with van der Waals surface area (Å²) in [5.74, 6) is 0.702. The third-order valence-electron chi connectivity index (χ3n) is 4.86. The van der Waals surface area contributed by atoms with Gasteiger partial charge in [0.25, 0.3) is 5.56 Å². The highest BCUT2D eigenvalue weighted by Crippen LogP contribution is 2.44. The van der Waals surface area contributed by atoms with Gasteiger partial charge in [0.05, 0.1) is 26.9 Å². The second-order valence-electron chi connectivity index (χ2n) is 6.92. The zero-order valence-corrected chi connectivity index (χ0v) is 16.2. The van der Waals surface area contributed by atoms with Gasteiger partial charge in [-0.1, -0.05) is 17.8 Å². The lowest BCUT2D eigenvalue weighted by molar-refractivity contribution is 0.533. The number of rotatable bonds is 2. The molecule has 1 aromatic carbocycles. The van der Waals surface area contributed by atoms with Crippen molar-refractivity contribution in [2.75, 3.05) is 0 Å². The fourth-order valence-corrected chi connectivity index (χ4v) is 4.60. The highest BCUT2D eigenvalue weighted by molar-refractivity contribution is 8.14. The number of imidazole rings is 1. The van der Waals surface area contributed by atoms with Crippen molar-refractivity contribution in [1.29, 1.82) is 0 Å². The average molecular weight is 371 g/mol. The van der Waals surface area contributed by atoms with Crippen LogP contribution in [0.1, 0.15) is 43.2 Å².